The lowest BCUT2D eigenvalue weighted by Crippen LogP contribution is -2.65. The highest BCUT2D eigenvalue weighted by atomic mass is 19.1. The summed E-state index contributed by atoms with van der Waals surface area (Å²) < 4.78 is 16.5. The van der Waals surface area contributed by atoms with Gasteiger partial charge in [-0.2, -0.15) is 5.10 Å². The minimum absolute atomic E-state index is 0.0522. The first-order chi connectivity index (χ1) is 16.9. The maximum absolute atomic E-state index is 14.8. The molecule has 36 heavy (non-hydrogen) atoms. The van der Waals surface area contributed by atoms with Crippen molar-refractivity contribution in [3.63, 3.8) is 0 Å². The van der Waals surface area contributed by atoms with Gasteiger partial charge in [0.05, 0.1) is 30.7 Å². The number of amides is 2. The number of aliphatic hydroxyl groups is 1. The molecule has 5 rings (SSSR count). The molecule has 1 aliphatic heterocycles. The van der Waals surface area contributed by atoms with E-state index in [1.54, 1.807) is 10.9 Å². The molecular weight excluding hydrogens is 461 g/mol. The maximum atomic E-state index is 14.8. The van der Waals surface area contributed by atoms with Crippen LogP contribution in [0.5, 0.6) is 0 Å². The van der Waals surface area contributed by atoms with Crippen LogP contribution in [0.3, 0.4) is 0 Å². The molecule has 0 unspecified atom stereocenters. The zero-order valence-electron chi connectivity index (χ0n) is 21.1. The summed E-state index contributed by atoms with van der Waals surface area (Å²) in [5, 5.41) is 18.5. The highest BCUT2D eigenvalue weighted by Crippen LogP contribution is 2.36. The number of hydrogen-bond donors (Lipinski definition) is 3. The molecule has 10 heteroatoms. The van der Waals surface area contributed by atoms with E-state index < -0.39 is 11.4 Å². The number of anilines is 1. The molecule has 4 aromatic rings. The molecule has 1 fully saturated rings. The number of likely N-dealkylation sites (tertiary alicyclic amines) is 1. The van der Waals surface area contributed by atoms with Gasteiger partial charge in [0.15, 0.2) is 0 Å². The number of β-amino-alcohol motifs (C(OH)–C–C–N with tert-alkyl or cyclic N) is 1. The second-order valence-corrected chi connectivity index (χ2v) is 10.9. The van der Waals surface area contributed by atoms with E-state index >= 15 is 0 Å². The van der Waals surface area contributed by atoms with E-state index in [0.717, 1.165) is 16.6 Å². The zero-order chi connectivity index (χ0) is 25.8. The summed E-state index contributed by atoms with van der Waals surface area (Å²) in [5.41, 5.74) is 3.54. The van der Waals surface area contributed by atoms with Crippen LogP contribution in [0.15, 0.2) is 36.9 Å². The Morgan fingerprint density at radius 3 is 2.67 bits per heavy atom. The molecule has 0 aliphatic carbocycles. The van der Waals surface area contributed by atoms with E-state index in [1.165, 1.54) is 23.4 Å². The lowest BCUT2D eigenvalue weighted by atomic mass is 9.78. The molecular formula is C26H30FN7O2. The van der Waals surface area contributed by atoms with Crippen LogP contribution in [-0.4, -0.2) is 59.5 Å². The van der Waals surface area contributed by atoms with Crippen LogP contribution in [0.1, 0.15) is 32.8 Å². The van der Waals surface area contributed by atoms with Crippen LogP contribution in [0.2, 0.25) is 0 Å². The summed E-state index contributed by atoms with van der Waals surface area (Å²) >= 11 is 0. The Kier molecular flexibility index (Phi) is 5.59. The number of urea groups is 1. The first kappa shape index (κ1) is 23.9. The van der Waals surface area contributed by atoms with E-state index in [2.05, 4.69) is 46.1 Å². The summed E-state index contributed by atoms with van der Waals surface area (Å²) in [6.07, 6.45) is 5.66. The Morgan fingerprint density at radius 2 is 2.00 bits per heavy atom. The predicted octanol–water partition coefficient (Wildman–Crippen LogP) is 4.49. The lowest BCUT2D eigenvalue weighted by Gasteiger charge is -2.48. The van der Waals surface area contributed by atoms with Gasteiger partial charge in [-0.05, 0) is 42.5 Å². The molecule has 1 aromatic carbocycles. The third kappa shape index (κ3) is 4.56. The number of halogens is 1. The molecule has 0 spiro atoms. The van der Waals surface area contributed by atoms with E-state index in [9.17, 15) is 14.3 Å². The summed E-state index contributed by atoms with van der Waals surface area (Å²) in [6, 6.07) is 4.26. The fourth-order valence-electron chi connectivity index (χ4n) is 5.03. The van der Waals surface area contributed by atoms with Gasteiger partial charge in [0.2, 0.25) is 0 Å². The second kappa shape index (κ2) is 8.41. The number of benzene rings is 1. The Labute approximate surface area is 208 Å². The van der Waals surface area contributed by atoms with Gasteiger partial charge in [-0.3, -0.25) is 4.68 Å². The number of nitrogens with zero attached hydrogens (tertiary/aromatic N) is 5. The number of nitrogens with one attached hydrogen (secondary N) is 2. The van der Waals surface area contributed by atoms with Crippen LogP contribution < -0.4 is 5.32 Å². The molecule has 9 nitrogen and oxygen atoms in total. The Morgan fingerprint density at radius 1 is 1.25 bits per heavy atom. The predicted molar refractivity (Wildman–Crippen MR) is 136 cm³/mol. The van der Waals surface area contributed by atoms with Crippen LogP contribution in [0.25, 0.3) is 33.5 Å². The summed E-state index contributed by atoms with van der Waals surface area (Å²) in [7, 11) is 1.84. The molecule has 0 atom stereocenters. The molecule has 1 saturated heterocycles. The summed E-state index contributed by atoms with van der Waals surface area (Å²) in [5.74, 6) is -0.492. The van der Waals surface area contributed by atoms with E-state index in [-0.39, 0.29) is 24.5 Å². The monoisotopic (exact) mass is 491 g/mol. The average molecular weight is 492 g/mol. The molecule has 3 N–H and O–H groups in total. The average Bonchev–Trinajstić information content (AvgIpc) is 3.39. The fourth-order valence-corrected chi connectivity index (χ4v) is 5.03. The number of fused-ring (bicyclic) bond motifs is 1. The summed E-state index contributed by atoms with van der Waals surface area (Å²) in [6.45, 7) is 8.46. The smallest absolute Gasteiger partial charge is 0.322 e. The number of carbonyl (C=O) groups is 1. The minimum atomic E-state index is -0.898. The van der Waals surface area contributed by atoms with Crippen molar-refractivity contribution in [3.05, 3.63) is 48.3 Å². The largest absolute Gasteiger partial charge is 0.386 e. The lowest BCUT2D eigenvalue weighted by molar-refractivity contribution is -0.0965. The summed E-state index contributed by atoms with van der Waals surface area (Å²) in [4.78, 5) is 26.5. The third-order valence-electron chi connectivity index (χ3n) is 6.43. The molecule has 188 valence electrons. The van der Waals surface area contributed by atoms with Crippen molar-refractivity contribution in [1.29, 1.82) is 0 Å². The number of carbonyl (C=O) groups excluding carboxylic acids is 1. The van der Waals surface area contributed by atoms with E-state index in [1.807, 2.05) is 26.2 Å². The van der Waals surface area contributed by atoms with Gasteiger partial charge in [0.25, 0.3) is 0 Å². The van der Waals surface area contributed by atoms with Crippen LogP contribution in [-0.2, 0) is 7.05 Å². The van der Waals surface area contributed by atoms with Gasteiger partial charge >= 0.3 is 6.03 Å². The Bertz CT molecular complexity index is 1460. The van der Waals surface area contributed by atoms with Crippen molar-refractivity contribution < 1.29 is 14.3 Å². The van der Waals surface area contributed by atoms with E-state index in [4.69, 9.17) is 0 Å². The highest BCUT2D eigenvalue weighted by molar-refractivity contribution is 5.97. The van der Waals surface area contributed by atoms with Gasteiger partial charge in [-0.25, -0.2) is 19.2 Å². The molecule has 0 bridgehead atoms. The number of aryl methyl sites for hydroxylation is 1. The van der Waals surface area contributed by atoms with Crippen LogP contribution in [0.4, 0.5) is 14.9 Å². The van der Waals surface area contributed by atoms with Crippen molar-refractivity contribution >= 4 is 22.8 Å². The normalized spacial score (nSPS) is 15.2. The fraction of sp³-hybridized carbons (Fsp3) is 0.385. The van der Waals surface area contributed by atoms with Gasteiger partial charge in [-0.15, -0.1) is 0 Å². The number of aromatic nitrogens is 5. The maximum Gasteiger partial charge on any atom is 0.322 e. The Hall–Kier alpha value is -3.79. The molecule has 0 saturated carbocycles. The first-order valence-electron chi connectivity index (χ1n) is 11.8. The zero-order valence-corrected chi connectivity index (χ0v) is 21.1. The van der Waals surface area contributed by atoms with Crippen LogP contribution >= 0.6 is 0 Å². The van der Waals surface area contributed by atoms with Gasteiger partial charge in [0.1, 0.15) is 23.4 Å². The molecule has 3 aromatic heterocycles. The SMILES string of the molecule is Cc1c(NC(=O)N2CC(O)(CC(C)(C)C)C2)cc(F)cc1-c1ncnc2[nH]c(-c3cnn(C)c3)cc12. The number of H-pyrrole nitrogens is 1. The second-order valence-electron chi connectivity index (χ2n) is 10.9. The Balaban J connectivity index is 1.43. The standard InChI is InChI=1S/C26H30FN7O2/c1-15-18(22-19-8-21(16-9-30-33(5)10-16)31-23(19)29-14-28-22)6-17(27)7-20(15)32-24(35)34-12-26(36,13-34)11-25(2,3)4/h6-10,14,36H,11-13H2,1-5H3,(H,32,35)(H,28,29,31). The van der Waals surface area contributed by atoms with E-state index in [0.29, 0.717) is 34.6 Å². The molecule has 4 heterocycles. The molecule has 2 amide bonds. The first-order valence-corrected chi connectivity index (χ1v) is 11.8. The highest BCUT2D eigenvalue weighted by Gasteiger charge is 2.45. The van der Waals surface area contributed by atoms with Crippen molar-refractivity contribution in [2.24, 2.45) is 12.5 Å². The van der Waals surface area contributed by atoms with Gasteiger partial charge in [-0.1, -0.05) is 20.8 Å². The topological polar surface area (TPSA) is 112 Å². The number of rotatable bonds is 4. The van der Waals surface area contributed by atoms with Crippen molar-refractivity contribution in [3.8, 4) is 22.5 Å². The quantitative estimate of drug-likeness (QED) is 0.390. The molecule has 0 radical (unpaired) electrons. The van der Waals surface area contributed by atoms with Gasteiger partial charge < -0.3 is 20.3 Å². The van der Waals surface area contributed by atoms with Gasteiger partial charge in [0, 0.05) is 35.4 Å². The number of aromatic amines is 1. The number of hydrogen-bond acceptors (Lipinski definition) is 5. The van der Waals surface area contributed by atoms with Crippen molar-refractivity contribution in [1.82, 2.24) is 29.6 Å². The minimum Gasteiger partial charge on any atom is -0.386 e. The third-order valence-corrected chi connectivity index (χ3v) is 6.43. The van der Waals surface area contributed by atoms with Crippen molar-refractivity contribution in [2.45, 2.75) is 39.7 Å². The van der Waals surface area contributed by atoms with Crippen molar-refractivity contribution in [2.75, 3.05) is 18.4 Å². The molecule has 1 aliphatic rings. The van der Waals surface area contributed by atoms with Crippen LogP contribution in [0, 0.1) is 18.2 Å².